The summed E-state index contributed by atoms with van der Waals surface area (Å²) in [5.74, 6) is 0. The van der Waals surface area contributed by atoms with Crippen molar-refractivity contribution in [3.05, 3.63) is 46.0 Å². The molecule has 0 aliphatic carbocycles. The van der Waals surface area contributed by atoms with Crippen molar-refractivity contribution in [2.24, 2.45) is 0 Å². The topological polar surface area (TPSA) is 388 Å². The van der Waals surface area contributed by atoms with Gasteiger partial charge in [0.15, 0.2) is 0 Å². The van der Waals surface area contributed by atoms with Gasteiger partial charge in [0, 0.05) is 0 Å². The first-order valence-corrected chi connectivity index (χ1v) is 1.64. The quantitative estimate of drug-likeness (QED) is 0.228. The van der Waals surface area contributed by atoms with Crippen LogP contribution < -0.4 is 0 Å². The Bertz CT molecular complexity index is 115. The van der Waals surface area contributed by atoms with Gasteiger partial charge in [0.2, 0.25) is 0 Å². The van der Waals surface area contributed by atoms with Crippen LogP contribution in [0.4, 0.5) is 0 Å². The number of rotatable bonds is 0. The number of hydrogen-bond donors (Lipinski definition) is 0. The predicted octanol–water partition coefficient (Wildman–Crippen LogP) is -5.67. The third-order valence-corrected chi connectivity index (χ3v) is 0. The van der Waals surface area contributed by atoms with Crippen LogP contribution in [0.25, 0.3) is 0 Å². The van der Waals surface area contributed by atoms with Crippen LogP contribution in [0.1, 0.15) is 0 Å². The molecule has 0 heterocycles. The van der Waals surface area contributed by atoms with E-state index in [1.54, 1.807) is 0 Å². The van der Waals surface area contributed by atoms with Crippen LogP contribution in [0.2, 0.25) is 0 Å². The fourth-order valence-electron chi connectivity index (χ4n) is 0. The van der Waals surface area contributed by atoms with E-state index >= 15 is 0 Å². The van der Waals surface area contributed by atoms with E-state index in [1.807, 2.05) is 0 Å². The molecule has 0 aromatic carbocycles. The van der Waals surface area contributed by atoms with E-state index < -0.39 is 15.3 Å². The molecule has 0 radical (unpaired) electrons. The van der Waals surface area contributed by atoms with Crippen molar-refractivity contribution in [2.75, 3.05) is 0 Å². The number of nitrogens with zero attached hydrogens (tertiary/aromatic N) is 3. The minimum atomic E-state index is -1.75. The summed E-state index contributed by atoms with van der Waals surface area (Å²) in [7, 11) is 0. The van der Waals surface area contributed by atoms with Crippen molar-refractivity contribution in [1.82, 2.24) is 0 Å². The second-order valence-electron chi connectivity index (χ2n) is 0.671. The third kappa shape index (κ3) is 680. The van der Waals surface area contributed by atoms with Gasteiger partial charge in [-0.15, -0.1) is 0 Å². The average molecular weight is 349 g/mol. The van der Waals surface area contributed by atoms with E-state index in [0.717, 1.165) is 0 Å². The zero-order valence-corrected chi connectivity index (χ0v) is 9.57. The van der Waals surface area contributed by atoms with Gasteiger partial charge in [0.05, 0.1) is 15.3 Å². The fraction of sp³-hybridized carbons (Fsp3) is 0. The monoisotopic (exact) mass is 349 g/mol. The van der Waals surface area contributed by atoms with Crippen molar-refractivity contribution >= 4 is 0 Å². The molecule has 0 bridgehead atoms. The Kier molecular flexibility index (Phi) is 352. The Labute approximate surface area is 112 Å². The molecular formula is H12MnN3O15. The molecule has 0 aromatic rings. The molecule has 0 fully saturated rings. The van der Waals surface area contributed by atoms with E-state index in [9.17, 15) is 0 Å². The zero-order valence-electron chi connectivity index (χ0n) is 8.39. The largest absolute Gasteiger partial charge is 3.00 e. The maximum atomic E-state index is 8.25. The molecule has 0 aliphatic rings. The van der Waals surface area contributed by atoms with Gasteiger partial charge < -0.3 is 78.8 Å². The summed E-state index contributed by atoms with van der Waals surface area (Å²) in [4.78, 5) is 24.8. The van der Waals surface area contributed by atoms with Crippen LogP contribution in [-0.2, 0) is 17.1 Å². The van der Waals surface area contributed by atoms with Crippen molar-refractivity contribution in [3.8, 4) is 0 Å². The first kappa shape index (κ1) is 89.9. The summed E-state index contributed by atoms with van der Waals surface area (Å²) in [5.41, 5.74) is 0. The standard InChI is InChI=1S/Mn.3NO3.6H2O/c;3*2-1(3)4;;;;;;/h;;;;6*1H2/q+3;3*-1;;;;;;. The normalized spacial score (nSPS) is 3.79. The van der Waals surface area contributed by atoms with E-state index in [4.69, 9.17) is 46.0 Å². The number of hydrogen-bond acceptors (Lipinski definition) is 9. The van der Waals surface area contributed by atoms with E-state index in [2.05, 4.69) is 0 Å². The maximum absolute atomic E-state index is 8.25. The smallest absolute Gasteiger partial charge is 0.412 e. The van der Waals surface area contributed by atoms with Crippen LogP contribution in [0.5, 0.6) is 0 Å². The molecule has 0 unspecified atom stereocenters. The first-order chi connectivity index (χ1) is 5.20. The molecule has 0 rings (SSSR count). The van der Waals surface area contributed by atoms with E-state index in [1.165, 1.54) is 0 Å². The van der Waals surface area contributed by atoms with Gasteiger partial charge in [0.25, 0.3) is 0 Å². The minimum absolute atomic E-state index is 0. The van der Waals surface area contributed by atoms with Gasteiger partial charge in [0.1, 0.15) is 0 Å². The van der Waals surface area contributed by atoms with Crippen LogP contribution in [0.3, 0.4) is 0 Å². The molecule has 124 valence electrons. The van der Waals surface area contributed by atoms with Gasteiger partial charge >= 0.3 is 17.1 Å². The van der Waals surface area contributed by atoms with Gasteiger partial charge in [-0.1, -0.05) is 0 Å². The second-order valence-corrected chi connectivity index (χ2v) is 0.671. The summed E-state index contributed by atoms with van der Waals surface area (Å²) >= 11 is 0. The summed E-state index contributed by atoms with van der Waals surface area (Å²) in [5, 5.41) is 44.2. The van der Waals surface area contributed by atoms with Crippen molar-refractivity contribution in [3.63, 3.8) is 0 Å². The van der Waals surface area contributed by atoms with Crippen molar-refractivity contribution in [2.45, 2.75) is 0 Å². The Morgan fingerprint density at radius 1 is 0.421 bits per heavy atom. The molecule has 19 heavy (non-hydrogen) atoms. The van der Waals surface area contributed by atoms with Crippen LogP contribution >= 0.6 is 0 Å². The van der Waals surface area contributed by atoms with Crippen LogP contribution in [0, 0.1) is 46.0 Å². The average Bonchev–Trinajstić information content (AvgIpc) is 1.54. The van der Waals surface area contributed by atoms with Crippen LogP contribution in [-0.4, -0.2) is 48.1 Å². The Morgan fingerprint density at radius 2 is 0.421 bits per heavy atom. The molecule has 0 aliphatic heterocycles. The minimum Gasteiger partial charge on any atom is -0.412 e. The summed E-state index contributed by atoms with van der Waals surface area (Å²) in [6.07, 6.45) is 0. The molecule has 0 aromatic heterocycles. The Balaban J connectivity index is -0.00000000675. The summed E-state index contributed by atoms with van der Waals surface area (Å²) < 4.78 is 0. The van der Waals surface area contributed by atoms with Gasteiger partial charge in [-0.3, -0.25) is 0 Å². The zero-order chi connectivity index (χ0) is 10.7. The van der Waals surface area contributed by atoms with Gasteiger partial charge in [-0.25, -0.2) is 0 Å². The molecule has 0 amide bonds. The molecule has 18 nitrogen and oxygen atoms in total. The fourth-order valence-corrected chi connectivity index (χ4v) is 0. The second kappa shape index (κ2) is 74.3. The molecule has 0 saturated carbocycles. The third-order valence-electron chi connectivity index (χ3n) is 0. The van der Waals surface area contributed by atoms with Crippen molar-refractivity contribution < 1.29 is 65.2 Å². The predicted molar refractivity (Wildman–Crippen MR) is 52.8 cm³/mol. The molecule has 19 heteroatoms. The molecular weight excluding hydrogens is 337 g/mol. The van der Waals surface area contributed by atoms with E-state index in [-0.39, 0.29) is 49.9 Å². The van der Waals surface area contributed by atoms with Gasteiger partial charge in [-0.05, 0) is 0 Å². The molecule has 0 saturated heterocycles. The first-order valence-electron chi connectivity index (χ1n) is 1.64. The van der Waals surface area contributed by atoms with Crippen molar-refractivity contribution in [1.29, 1.82) is 0 Å². The molecule has 12 N–H and O–H groups in total. The summed E-state index contributed by atoms with van der Waals surface area (Å²) in [6, 6.07) is 0. The summed E-state index contributed by atoms with van der Waals surface area (Å²) in [6.45, 7) is 0. The van der Waals surface area contributed by atoms with Gasteiger partial charge in [-0.2, -0.15) is 0 Å². The Hall–Kier alpha value is -2.12. The molecule has 0 atom stereocenters. The molecule has 0 spiro atoms. The van der Waals surface area contributed by atoms with E-state index in [0.29, 0.717) is 0 Å². The SMILES string of the molecule is O.O.O.O.O.O.O=[N+]([O-])[O-].O=[N+]([O-])[O-].O=[N+]([O-])[O-].[Mn+3]. The van der Waals surface area contributed by atoms with Crippen LogP contribution in [0.15, 0.2) is 0 Å². The maximum Gasteiger partial charge on any atom is 3.00 e. The Morgan fingerprint density at radius 3 is 0.421 bits per heavy atom.